The number of urea groups is 2. The Balaban J connectivity index is 1.56. The van der Waals surface area contributed by atoms with Gasteiger partial charge in [0.25, 0.3) is 11.8 Å². The molecule has 2 atom stereocenters. The lowest BCUT2D eigenvalue weighted by molar-refractivity contribution is -0.133. The smallest absolute Gasteiger partial charge is 0.329 e. The van der Waals surface area contributed by atoms with Crippen molar-refractivity contribution >= 4 is 23.9 Å². The van der Waals surface area contributed by atoms with Gasteiger partial charge in [0.05, 0.1) is 38.5 Å². The van der Waals surface area contributed by atoms with Crippen LogP contribution in [0.5, 0.6) is 0 Å². The molecule has 0 spiro atoms. The van der Waals surface area contributed by atoms with E-state index in [0.717, 1.165) is 0 Å². The maximum Gasteiger partial charge on any atom is 0.329 e. The molecule has 0 radical (unpaired) electrons. The molecule has 0 aromatic heterocycles. The second-order valence-electron chi connectivity index (χ2n) is 8.42. The molecule has 4 saturated heterocycles. The van der Waals surface area contributed by atoms with Crippen molar-refractivity contribution in [3.8, 4) is 0 Å². The Kier molecular flexibility index (Phi) is 3.80. The Morgan fingerprint density at radius 1 is 0.778 bits per heavy atom. The largest absolute Gasteiger partial charge is 0.371 e. The SMILES string of the molecule is CC1(C)C(=O)N(C[C@@H]2CO2)C(=O)N1CN1C(=O)N(C[C@@H]2CO2)C(=O)C1(C)C. The van der Waals surface area contributed by atoms with Gasteiger partial charge in [0.1, 0.15) is 17.7 Å². The molecule has 10 nitrogen and oxygen atoms in total. The van der Waals surface area contributed by atoms with E-state index in [1.54, 1.807) is 27.7 Å². The van der Waals surface area contributed by atoms with E-state index >= 15 is 0 Å². The Labute approximate surface area is 156 Å². The van der Waals surface area contributed by atoms with Crippen molar-refractivity contribution in [3.63, 3.8) is 0 Å². The Morgan fingerprint density at radius 3 is 1.41 bits per heavy atom. The third-order valence-corrected chi connectivity index (χ3v) is 5.67. The lowest BCUT2D eigenvalue weighted by atomic mass is 10.0. The number of hydrogen-bond acceptors (Lipinski definition) is 6. The third kappa shape index (κ3) is 2.78. The number of ether oxygens (including phenoxy) is 2. The Bertz CT molecular complexity index is 667. The van der Waals surface area contributed by atoms with Crippen LogP contribution in [0.25, 0.3) is 0 Å². The number of nitrogens with zero attached hydrogens (tertiary/aromatic N) is 4. The summed E-state index contributed by atoms with van der Waals surface area (Å²) in [5, 5.41) is 0. The maximum atomic E-state index is 12.9. The van der Waals surface area contributed by atoms with Gasteiger partial charge in [-0.15, -0.1) is 0 Å². The van der Waals surface area contributed by atoms with Gasteiger partial charge >= 0.3 is 12.1 Å². The van der Waals surface area contributed by atoms with Gasteiger partial charge < -0.3 is 9.47 Å². The molecule has 0 saturated carbocycles. The molecule has 4 aliphatic rings. The van der Waals surface area contributed by atoms with Gasteiger partial charge in [-0.05, 0) is 27.7 Å². The van der Waals surface area contributed by atoms with Gasteiger partial charge in [-0.25, -0.2) is 9.59 Å². The van der Waals surface area contributed by atoms with Crippen molar-refractivity contribution in [1.82, 2.24) is 19.6 Å². The predicted octanol–water partition coefficient (Wildman–Crippen LogP) is -0.173. The molecular weight excluding hydrogens is 356 g/mol. The van der Waals surface area contributed by atoms with Crippen molar-refractivity contribution in [3.05, 3.63) is 0 Å². The number of epoxide rings is 2. The number of imide groups is 2. The van der Waals surface area contributed by atoms with Crippen LogP contribution in [0.3, 0.4) is 0 Å². The molecule has 4 heterocycles. The van der Waals surface area contributed by atoms with E-state index in [0.29, 0.717) is 13.2 Å². The summed E-state index contributed by atoms with van der Waals surface area (Å²) in [6.07, 6.45) is -0.233. The van der Waals surface area contributed by atoms with Gasteiger partial charge in [0.2, 0.25) is 0 Å². The van der Waals surface area contributed by atoms with Gasteiger partial charge in [-0.3, -0.25) is 29.2 Å². The monoisotopic (exact) mass is 380 g/mol. The van der Waals surface area contributed by atoms with Crippen molar-refractivity contribution in [2.24, 2.45) is 0 Å². The summed E-state index contributed by atoms with van der Waals surface area (Å²) < 4.78 is 10.3. The molecule has 10 heteroatoms. The van der Waals surface area contributed by atoms with Crippen molar-refractivity contribution < 1.29 is 28.7 Å². The summed E-state index contributed by atoms with van der Waals surface area (Å²) in [6, 6.07) is -0.943. The average molecular weight is 380 g/mol. The summed E-state index contributed by atoms with van der Waals surface area (Å²) in [7, 11) is 0. The maximum absolute atomic E-state index is 12.9. The van der Waals surface area contributed by atoms with Crippen molar-refractivity contribution in [2.75, 3.05) is 33.0 Å². The molecular formula is C17H24N4O6. The standard InChI is InChI=1S/C17H24N4O6/c1-16(2)12(22)18(5-10-7-26-10)14(24)20(16)9-21-15(25)19(6-11-8-27-11)13(23)17(21,3)4/h10-11H,5-9H2,1-4H3/t10-,11-/m1/s1. The van der Waals surface area contributed by atoms with Gasteiger partial charge in [0, 0.05) is 0 Å². The fourth-order valence-corrected chi connectivity index (χ4v) is 3.53. The molecule has 27 heavy (non-hydrogen) atoms. The second-order valence-corrected chi connectivity index (χ2v) is 8.42. The minimum atomic E-state index is -1.11. The normalized spacial score (nSPS) is 31.4. The van der Waals surface area contributed by atoms with E-state index in [4.69, 9.17) is 9.47 Å². The summed E-state index contributed by atoms with van der Waals surface area (Å²) in [6.45, 7) is 7.91. The summed E-state index contributed by atoms with van der Waals surface area (Å²) in [5.74, 6) is -0.663. The van der Waals surface area contributed by atoms with Crippen LogP contribution in [0.1, 0.15) is 27.7 Å². The highest BCUT2D eigenvalue weighted by Crippen LogP contribution is 2.34. The van der Waals surface area contributed by atoms with Crippen LogP contribution in [0.4, 0.5) is 9.59 Å². The Morgan fingerprint density at radius 2 is 1.11 bits per heavy atom. The number of carbonyl (C=O) groups excluding carboxylic acids is 4. The molecule has 4 rings (SSSR count). The average Bonchev–Trinajstić information content (AvgIpc) is 3.49. The van der Waals surface area contributed by atoms with Crippen LogP contribution in [-0.4, -0.2) is 99.7 Å². The first-order valence-corrected chi connectivity index (χ1v) is 9.05. The van der Waals surface area contributed by atoms with E-state index in [-0.39, 0.29) is 43.8 Å². The molecule has 148 valence electrons. The predicted molar refractivity (Wildman–Crippen MR) is 90.4 cm³/mol. The summed E-state index contributed by atoms with van der Waals surface area (Å²) in [4.78, 5) is 56.2. The number of rotatable bonds is 6. The molecule has 4 aliphatic heterocycles. The van der Waals surface area contributed by atoms with Crippen LogP contribution in [0.2, 0.25) is 0 Å². The van der Waals surface area contributed by atoms with E-state index < -0.39 is 23.1 Å². The zero-order valence-corrected chi connectivity index (χ0v) is 15.9. The second kappa shape index (κ2) is 5.65. The molecule has 6 amide bonds. The molecule has 0 bridgehead atoms. The molecule has 0 unspecified atom stereocenters. The van der Waals surface area contributed by atoms with E-state index in [1.165, 1.54) is 19.6 Å². The van der Waals surface area contributed by atoms with E-state index in [9.17, 15) is 19.2 Å². The lowest BCUT2D eigenvalue weighted by Crippen LogP contribution is -2.55. The fourth-order valence-electron chi connectivity index (χ4n) is 3.53. The molecule has 0 N–H and O–H groups in total. The number of hydrogen-bond donors (Lipinski definition) is 0. The first kappa shape index (κ1) is 18.2. The number of carbonyl (C=O) groups is 4. The van der Waals surface area contributed by atoms with Crippen LogP contribution in [0.15, 0.2) is 0 Å². The number of amides is 6. The van der Waals surface area contributed by atoms with Crippen LogP contribution >= 0.6 is 0 Å². The summed E-state index contributed by atoms with van der Waals surface area (Å²) >= 11 is 0. The zero-order valence-electron chi connectivity index (χ0n) is 15.9. The third-order valence-electron chi connectivity index (χ3n) is 5.67. The molecule has 0 aliphatic carbocycles. The highest BCUT2D eigenvalue weighted by molar-refractivity contribution is 6.08. The first-order valence-electron chi connectivity index (χ1n) is 9.05. The minimum absolute atomic E-state index is 0.117. The van der Waals surface area contributed by atoms with Crippen molar-refractivity contribution in [1.29, 1.82) is 0 Å². The van der Waals surface area contributed by atoms with E-state index in [2.05, 4.69) is 0 Å². The molecule has 0 aromatic carbocycles. The highest BCUT2D eigenvalue weighted by atomic mass is 16.6. The highest BCUT2D eigenvalue weighted by Gasteiger charge is 2.58. The quantitative estimate of drug-likeness (QED) is 0.468. The van der Waals surface area contributed by atoms with Gasteiger partial charge in [0.15, 0.2) is 0 Å². The van der Waals surface area contributed by atoms with Crippen LogP contribution in [0, 0.1) is 0 Å². The molecule has 0 aromatic rings. The van der Waals surface area contributed by atoms with Crippen LogP contribution in [-0.2, 0) is 19.1 Å². The van der Waals surface area contributed by atoms with Gasteiger partial charge in [-0.1, -0.05) is 0 Å². The first-order chi connectivity index (χ1) is 12.5. The minimum Gasteiger partial charge on any atom is -0.371 e. The van der Waals surface area contributed by atoms with Crippen molar-refractivity contribution in [2.45, 2.75) is 51.0 Å². The van der Waals surface area contributed by atoms with E-state index in [1.807, 2.05) is 0 Å². The zero-order chi connectivity index (χ0) is 19.7. The van der Waals surface area contributed by atoms with Crippen LogP contribution < -0.4 is 0 Å². The lowest BCUT2D eigenvalue weighted by Gasteiger charge is -2.36. The molecule has 4 fully saturated rings. The Hall–Kier alpha value is -2.20. The fraction of sp³-hybridized carbons (Fsp3) is 0.765. The summed E-state index contributed by atoms with van der Waals surface area (Å²) in [5.41, 5.74) is -2.23. The topological polar surface area (TPSA) is 106 Å². The van der Waals surface area contributed by atoms with Gasteiger partial charge in [-0.2, -0.15) is 0 Å².